The van der Waals surface area contributed by atoms with E-state index in [1.165, 1.54) is 10.4 Å². The van der Waals surface area contributed by atoms with E-state index < -0.39 is 19.9 Å². The molecule has 0 aromatic heterocycles. The van der Waals surface area contributed by atoms with E-state index >= 15 is 0 Å². The van der Waals surface area contributed by atoms with Crippen LogP contribution in [0, 0.1) is 19.8 Å². The lowest BCUT2D eigenvalue weighted by atomic mass is 9.98. The van der Waals surface area contributed by atoms with Crippen molar-refractivity contribution in [3.05, 3.63) is 23.3 Å². The summed E-state index contributed by atoms with van der Waals surface area (Å²) < 4.78 is 51.4. The molecule has 0 aliphatic carbocycles. The van der Waals surface area contributed by atoms with Gasteiger partial charge in [-0.3, -0.25) is 0 Å². The first-order valence-corrected chi connectivity index (χ1v) is 11.4. The maximum absolute atomic E-state index is 13.0. The van der Waals surface area contributed by atoms with Gasteiger partial charge < -0.3 is 5.32 Å². The van der Waals surface area contributed by atoms with Gasteiger partial charge in [0.2, 0.25) is 10.0 Å². The van der Waals surface area contributed by atoms with Crippen molar-refractivity contribution in [1.29, 1.82) is 0 Å². The van der Waals surface area contributed by atoms with Gasteiger partial charge in [-0.05, 0) is 69.5 Å². The molecular weight excluding hydrogens is 348 g/mol. The van der Waals surface area contributed by atoms with E-state index in [0.717, 1.165) is 25.6 Å². The largest absolute Gasteiger partial charge is 0.319 e. The summed E-state index contributed by atoms with van der Waals surface area (Å²) in [6, 6.07) is 3.10. The van der Waals surface area contributed by atoms with Crippen LogP contribution in [0.5, 0.6) is 0 Å². The van der Waals surface area contributed by atoms with E-state index in [2.05, 4.69) is 5.32 Å². The molecule has 1 fully saturated rings. The van der Waals surface area contributed by atoms with Crippen LogP contribution in [0.25, 0.3) is 0 Å². The van der Waals surface area contributed by atoms with Crippen LogP contribution in [0.15, 0.2) is 21.9 Å². The van der Waals surface area contributed by atoms with Gasteiger partial charge in [0.1, 0.15) is 0 Å². The van der Waals surface area contributed by atoms with E-state index in [1.807, 2.05) is 7.05 Å². The van der Waals surface area contributed by atoms with E-state index in [4.69, 9.17) is 0 Å². The summed E-state index contributed by atoms with van der Waals surface area (Å²) in [5.74, 6) is 0.478. The molecule has 0 spiro atoms. The fourth-order valence-electron chi connectivity index (χ4n) is 3.23. The molecule has 0 amide bonds. The molecule has 2 rings (SSSR count). The van der Waals surface area contributed by atoms with E-state index in [9.17, 15) is 16.8 Å². The van der Waals surface area contributed by atoms with Gasteiger partial charge in [0, 0.05) is 19.3 Å². The molecule has 0 radical (unpaired) electrons. The predicted molar refractivity (Wildman–Crippen MR) is 94.4 cm³/mol. The second-order valence-corrected chi connectivity index (χ2v) is 10.5. The molecule has 1 saturated heterocycles. The van der Waals surface area contributed by atoms with Gasteiger partial charge in [-0.15, -0.1) is 0 Å². The monoisotopic (exact) mass is 374 g/mol. The Bertz CT molecular complexity index is 809. The average Bonchev–Trinajstić information content (AvgIpc) is 2.49. The summed E-state index contributed by atoms with van der Waals surface area (Å²) in [6.45, 7) is 5.10. The minimum atomic E-state index is -3.69. The van der Waals surface area contributed by atoms with Crippen LogP contribution in [-0.4, -0.2) is 54.1 Å². The van der Waals surface area contributed by atoms with Gasteiger partial charge in [0.15, 0.2) is 9.84 Å². The zero-order valence-electron chi connectivity index (χ0n) is 14.7. The van der Waals surface area contributed by atoms with Crippen molar-refractivity contribution in [2.75, 3.05) is 32.9 Å². The van der Waals surface area contributed by atoms with Gasteiger partial charge in [-0.2, -0.15) is 4.31 Å². The van der Waals surface area contributed by atoms with Crippen LogP contribution in [0.3, 0.4) is 0 Å². The number of nitrogens with zero attached hydrogens (tertiary/aromatic N) is 1. The van der Waals surface area contributed by atoms with E-state index in [1.54, 1.807) is 19.9 Å². The SMILES string of the molecule is CNCC1CCN(S(=O)(=O)c2cc(C)cc(S(C)(=O)=O)c2C)CC1. The van der Waals surface area contributed by atoms with Gasteiger partial charge in [-0.1, -0.05) is 0 Å². The molecule has 0 saturated carbocycles. The molecule has 0 bridgehead atoms. The number of nitrogens with one attached hydrogen (secondary N) is 1. The van der Waals surface area contributed by atoms with Crippen molar-refractivity contribution < 1.29 is 16.8 Å². The molecule has 1 aromatic carbocycles. The van der Waals surface area contributed by atoms with Crippen LogP contribution in [0.1, 0.15) is 24.0 Å². The highest BCUT2D eigenvalue weighted by Crippen LogP contribution is 2.29. The lowest BCUT2D eigenvalue weighted by Gasteiger charge is -2.31. The van der Waals surface area contributed by atoms with Crippen molar-refractivity contribution >= 4 is 19.9 Å². The Kier molecular flexibility index (Phi) is 5.74. The smallest absolute Gasteiger partial charge is 0.243 e. The zero-order chi connectivity index (χ0) is 18.1. The highest BCUT2D eigenvalue weighted by Gasteiger charge is 2.31. The molecular formula is C16H26N2O4S2. The van der Waals surface area contributed by atoms with Crippen LogP contribution in [0.4, 0.5) is 0 Å². The first kappa shape index (κ1) is 19.4. The normalized spacial score (nSPS) is 18.0. The fourth-order valence-corrected chi connectivity index (χ4v) is 6.16. The lowest BCUT2D eigenvalue weighted by molar-refractivity contribution is 0.270. The van der Waals surface area contributed by atoms with Crippen molar-refractivity contribution in [1.82, 2.24) is 9.62 Å². The quantitative estimate of drug-likeness (QED) is 0.841. The fraction of sp³-hybridized carbons (Fsp3) is 0.625. The highest BCUT2D eigenvalue weighted by atomic mass is 32.2. The zero-order valence-corrected chi connectivity index (χ0v) is 16.3. The number of rotatable bonds is 5. The summed E-state index contributed by atoms with van der Waals surface area (Å²) in [5, 5.41) is 3.13. The second kappa shape index (κ2) is 7.11. The molecule has 6 nitrogen and oxygen atoms in total. The summed E-state index contributed by atoms with van der Waals surface area (Å²) >= 11 is 0. The van der Waals surface area contributed by atoms with Gasteiger partial charge in [-0.25, -0.2) is 16.8 Å². The third-order valence-electron chi connectivity index (χ3n) is 4.54. The summed E-state index contributed by atoms with van der Waals surface area (Å²) in [6.07, 6.45) is 2.72. The first-order valence-electron chi connectivity index (χ1n) is 8.03. The van der Waals surface area contributed by atoms with Crippen molar-refractivity contribution in [3.8, 4) is 0 Å². The number of benzene rings is 1. The molecule has 24 heavy (non-hydrogen) atoms. The molecule has 1 aliphatic rings. The minimum absolute atomic E-state index is 0.0890. The molecule has 1 aliphatic heterocycles. The number of aryl methyl sites for hydroxylation is 1. The molecule has 136 valence electrons. The van der Waals surface area contributed by atoms with Gasteiger partial charge in [0.05, 0.1) is 9.79 Å². The number of hydrogen-bond donors (Lipinski definition) is 1. The maximum Gasteiger partial charge on any atom is 0.243 e. The van der Waals surface area contributed by atoms with Crippen molar-refractivity contribution in [2.45, 2.75) is 36.5 Å². The molecule has 1 aromatic rings. The minimum Gasteiger partial charge on any atom is -0.319 e. The Balaban J connectivity index is 2.39. The Morgan fingerprint density at radius 1 is 1.08 bits per heavy atom. The Morgan fingerprint density at radius 3 is 2.12 bits per heavy atom. The molecule has 0 atom stereocenters. The summed E-state index contributed by atoms with van der Waals surface area (Å²) in [4.78, 5) is 0.195. The molecule has 0 unspecified atom stereocenters. The number of sulfonamides is 1. The summed E-state index contributed by atoms with van der Waals surface area (Å²) in [7, 11) is -5.27. The van der Waals surface area contributed by atoms with Crippen LogP contribution in [0.2, 0.25) is 0 Å². The Hall–Kier alpha value is -0.960. The number of piperidine rings is 1. The van der Waals surface area contributed by atoms with Crippen LogP contribution < -0.4 is 5.32 Å². The molecule has 8 heteroatoms. The Labute approximate surface area is 145 Å². The standard InChI is InChI=1S/C16H26N2O4S2/c1-12-9-15(23(4,19)20)13(2)16(10-12)24(21,22)18-7-5-14(6-8-18)11-17-3/h9-10,14,17H,5-8,11H2,1-4H3. The van der Waals surface area contributed by atoms with Crippen LogP contribution in [-0.2, 0) is 19.9 Å². The average molecular weight is 375 g/mol. The first-order chi connectivity index (χ1) is 11.1. The third kappa shape index (κ3) is 3.99. The molecule has 1 N–H and O–H groups in total. The summed E-state index contributed by atoms with van der Waals surface area (Å²) in [5.41, 5.74) is 0.935. The van der Waals surface area contributed by atoms with E-state index in [-0.39, 0.29) is 9.79 Å². The van der Waals surface area contributed by atoms with Crippen LogP contribution >= 0.6 is 0 Å². The van der Waals surface area contributed by atoms with Gasteiger partial charge >= 0.3 is 0 Å². The maximum atomic E-state index is 13.0. The number of sulfone groups is 1. The second-order valence-electron chi connectivity index (χ2n) is 6.56. The predicted octanol–water partition coefficient (Wildman–Crippen LogP) is 1.33. The Morgan fingerprint density at radius 2 is 1.62 bits per heavy atom. The topological polar surface area (TPSA) is 83.6 Å². The highest BCUT2D eigenvalue weighted by molar-refractivity contribution is 7.91. The van der Waals surface area contributed by atoms with Crippen molar-refractivity contribution in [3.63, 3.8) is 0 Å². The van der Waals surface area contributed by atoms with Crippen molar-refractivity contribution in [2.24, 2.45) is 5.92 Å². The number of hydrogen-bond acceptors (Lipinski definition) is 5. The lowest BCUT2D eigenvalue weighted by Crippen LogP contribution is -2.40. The van der Waals surface area contributed by atoms with E-state index in [0.29, 0.717) is 30.1 Å². The van der Waals surface area contributed by atoms with Gasteiger partial charge in [0.25, 0.3) is 0 Å². The molecule has 1 heterocycles. The third-order valence-corrected chi connectivity index (χ3v) is 7.79.